The van der Waals surface area contributed by atoms with Gasteiger partial charge in [0.1, 0.15) is 6.54 Å². The van der Waals surface area contributed by atoms with Crippen molar-refractivity contribution in [2.75, 3.05) is 6.61 Å². The first kappa shape index (κ1) is 22.2. The monoisotopic (exact) mass is 381 g/mol. The van der Waals surface area contributed by atoms with Gasteiger partial charge in [-0.2, -0.15) is 0 Å². The molecular formula is C18H27N3O6. The maximum atomic E-state index is 12.2. The molecule has 150 valence electrons. The van der Waals surface area contributed by atoms with Crippen LogP contribution in [0, 0.1) is 13.8 Å². The Kier molecular flexibility index (Phi) is 8.01. The Bertz CT molecular complexity index is 723. The highest BCUT2D eigenvalue weighted by atomic mass is 16.5. The molecule has 0 aliphatic rings. The van der Waals surface area contributed by atoms with Gasteiger partial charge in [-0.15, -0.1) is 0 Å². The van der Waals surface area contributed by atoms with Crippen LogP contribution >= 0.6 is 0 Å². The van der Waals surface area contributed by atoms with E-state index in [0.29, 0.717) is 17.0 Å². The lowest BCUT2D eigenvalue weighted by molar-refractivity contribution is -0.155. The maximum absolute atomic E-state index is 12.2. The fraction of sp³-hybridized carbons (Fsp3) is 0.556. The van der Waals surface area contributed by atoms with E-state index in [1.165, 1.54) is 6.92 Å². The lowest BCUT2D eigenvalue weighted by atomic mass is 10.2. The fourth-order valence-corrected chi connectivity index (χ4v) is 2.39. The minimum Gasteiger partial charge on any atom is -0.462 e. The molecule has 0 spiro atoms. The molecule has 0 unspecified atom stereocenters. The van der Waals surface area contributed by atoms with Gasteiger partial charge in [-0.25, -0.2) is 9.59 Å². The number of hydrogen-bond acceptors (Lipinski definition) is 6. The first-order valence-corrected chi connectivity index (χ1v) is 8.71. The van der Waals surface area contributed by atoms with Crippen molar-refractivity contribution in [1.82, 2.24) is 15.2 Å². The van der Waals surface area contributed by atoms with E-state index in [-0.39, 0.29) is 19.2 Å². The number of carbonyl (C=O) groups excluding carboxylic acids is 4. The van der Waals surface area contributed by atoms with E-state index >= 15 is 0 Å². The molecule has 9 nitrogen and oxygen atoms in total. The van der Waals surface area contributed by atoms with Crippen molar-refractivity contribution in [3.63, 3.8) is 0 Å². The molecule has 1 aromatic rings. The molecule has 0 saturated heterocycles. The van der Waals surface area contributed by atoms with Crippen LogP contribution in [0.3, 0.4) is 0 Å². The number of urea groups is 1. The van der Waals surface area contributed by atoms with Gasteiger partial charge in [0.2, 0.25) is 0 Å². The second kappa shape index (κ2) is 9.75. The maximum Gasteiger partial charge on any atom is 0.339 e. The molecule has 0 radical (unpaired) electrons. The van der Waals surface area contributed by atoms with Crippen LogP contribution in [0.5, 0.6) is 0 Å². The zero-order chi connectivity index (χ0) is 20.7. The van der Waals surface area contributed by atoms with Crippen LogP contribution in [-0.4, -0.2) is 47.2 Å². The van der Waals surface area contributed by atoms with E-state index in [9.17, 15) is 19.2 Å². The Labute approximate surface area is 158 Å². The van der Waals surface area contributed by atoms with Gasteiger partial charge in [0.25, 0.3) is 5.91 Å². The third-order valence-corrected chi connectivity index (χ3v) is 3.69. The van der Waals surface area contributed by atoms with Crippen LogP contribution in [0.1, 0.15) is 49.4 Å². The van der Waals surface area contributed by atoms with Crippen molar-refractivity contribution in [3.05, 3.63) is 23.0 Å². The third-order valence-electron chi connectivity index (χ3n) is 3.69. The molecule has 0 aliphatic carbocycles. The lowest BCUT2D eigenvalue weighted by Gasteiger charge is -2.15. The molecule has 1 rings (SSSR count). The highest BCUT2D eigenvalue weighted by Crippen LogP contribution is 2.16. The average Bonchev–Trinajstić information content (AvgIpc) is 2.82. The molecule has 9 heteroatoms. The molecule has 3 amide bonds. The predicted molar refractivity (Wildman–Crippen MR) is 97.2 cm³/mol. The molecule has 0 saturated carbocycles. The van der Waals surface area contributed by atoms with Crippen LogP contribution in [0.25, 0.3) is 0 Å². The number of aryl methyl sites for hydroxylation is 1. The Morgan fingerprint density at radius 2 is 1.78 bits per heavy atom. The number of nitrogens with one attached hydrogen (secondary N) is 2. The number of ether oxygens (including phenoxy) is 2. The van der Waals surface area contributed by atoms with E-state index in [1.807, 2.05) is 0 Å². The molecule has 0 aromatic carbocycles. The average molecular weight is 381 g/mol. The Morgan fingerprint density at radius 3 is 2.33 bits per heavy atom. The molecule has 2 N–H and O–H groups in total. The second-order valence-electron chi connectivity index (χ2n) is 6.34. The van der Waals surface area contributed by atoms with Crippen LogP contribution in [0.2, 0.25) is 0 Å². The number of amides is 3. The van der Waals surface area contributed by atoms with Gasteiger partial charge in [0.05, 0.1) is 12.2 Å². The zero-order valence-electron chi connectivity index (χ0n) is 16.5. The molecule has 27 heavy (non-hydrogen) atoms. The Morgan fingerprint density at radius 1 is 1.15 bits per heavy atom. The van der Waals surface area contributed by atoms with Gasteiger partial charge in [-0.1, -0.05) is 0 Å². The van der Waals surface area contributed by atoms with Gasteiger partial charge in [-0.3, -0.25) is 14.9 Å². The first-order valence-electron chi connectivity index (χ1n) is 8.71. The van der Waals surface area contributed by atoms with Crippen LogP contribution in [0.4, 0.5) is 4.79 Å². The lowest BCUT2D eigenvalue weighted by Crippen LogP contribution is -2.46. The predicted octanol–water partition coefficient (Wildman–Crippen LogP) is 1.45. The summed E-state index contributed by atoms with van der Waals surface area (Å²) >= 11 is 0. The summed E-state index contributed by atoms with van der Waals surface area (Å²) in [6.45, 7) is 10.1. The number of imide groups is 1. The minimum absolute atomic E-state index is 0.135. The van der Waals surface area contributed by atoms with Gasteiger partial charge >= 0.3 is 18.0 Å². The van der Waals surface area contributed by atoms with Gasteiger partial charge in [-0.05, 0) is 47.6 Å². The van der Waals surface area contributed by atoms with Crippen LogP contribution in [-0.2, 0) is 25.6 Å². The largest absolute Gasteiger partial charge is 0.462 e. The van der Waals surface area contributed by atoms with Gasteiger partial charge in [0, 0.05) is 17.4 Å². The van der Waals surface area contributed by atoms with E-state index in [4.69, 9.17) is 9.47 Å². The summed E-state index contributed by atoms with van der Waals surface area (Å²) in [7, 11) is 0. The smallest absolute Gasteiger partial charge is 0.339 e. The fourth-order valence-electron chi connectivity index (χ4n) is 2.39. The Hall–Kier alpha value is -2.84. The summed E-state index contributed by atoms with van der Waals surface area (Å²) in [6, 6.07) is 0.838. The molecule has 1 aromatic heterocycles. The van der Waals surface area contributed by atoms with E-state index < -0.39 is 30.0 Å². The van der Waals surface area contributed by atoms with Gasteiger partial charge in [0.15, 0.2) is 6.10 Å². The topological polar surface area (TPSA) is 116 Å². The standard InChI is InChI=1S/C18H27N3O6/c1-7-26-17(24)14-8-11(4)21(12(14)5)9-15(22)27-13(6)16(23)20-18(25)19-10(2)3/h8,10,13H,7,9H2,1-6H3,(H2,19,20,23,25)/t13-/m0/s1. The zero-order valence-corrected chi connectivity index (χ0v) is 16.5. The minimum atomic E-state index is -1.14. The summed E-state index contributed by atoms with van der Waals surface area (Å²) in [5, 5.41) is 4.60. The van der Waals surface area contributed by atoms with E-state index in [0.717, 1.165) is 0 Å². The third kappa shape index (κ3) is 6.43. The molecule has 0 fully saturated rings. The number of hydrogen-bond donors (Lipinski definition) is 2. The number of carbonyl (C=O) groups is 4. The normalized spacial score (nSPS) is 11.7. The molecule has 0 aliphatic heterocycles. The second-order valence-corrected chi connectivity index (χ2v) is 6.34. The molecule has 1 heterocycles. The summed E-state index contributed by atoms with van der Waals surface area (Å²) < 4.78 is 11.7. The highest BCUT2D eigenvalue weighted by molar-refractivity contribution is 5.97. The summed E-state index contributed by atoms with van der Waals surface area (Å²) in [5.74, 6) is -1.86. The van der Waals surface area contributed by atoms with Crippen LogP contribution in [0.15, 0.2) is 6.07 Å². The van der Waals surface area contributed by atoms with Crippen LogP contribution < -0.4 is 10.6 Å². The van der Waals surface area contributed by atoms with Crippen molar-refractivity contribution in [2.45, 2.75) is 60.2 Å². The summed E-state index contributed by atoms with van der Waals surface area (Å²) in [6.07, 6.45) is -1.14. The van der Waals surface area contributed by atoms with Crippen molar-refractivity contribution < 1.29 is 28.7 Å². The van der Waals surface area contributed by atoms with E-state index in [1.54, 1.807) is 45.3 Å². The van der Waals surface area contributed by atoms with Crippen molar-refractivity contribution >= 4 is 23.9 Å². The first-order chi connectivity index (χ1) is 12.6. The number of aromatic nitrogens is 1. The van der Waals surface area contributed by atoms with E-state index in [2.05, 4.69) is 10.6 Å². The SMILES string of the molecule is CCOC(=O)c1cc(C)n(CC(=O)O[C@@H](C)C(=O)NC(=O)NC(C)C)c1C. The highest BCUT2D eigenvalue weighted by Gasteiger charge is 2.22. The molecule has 0 bridgehead atoms. The molecule has 1 atom stereocenters. The quantitative estimate of drug-likeness (QED) is 0.691. The number of rotatable bonds is 7. The summed E-state index contributed by atoms with van der Waals surface area (Å²) in [5.41, 5.74) is 1.62. The van der Waals surface area contributed by atoms with Crippen molar-refractivity contribution in [2.24, 2.45) is 0 Å². The number of esters is 2. The van der Waals surface area contributed by atoms with Crippen molar-refractivity contribution in [1.29, 1.82) is 0 Å². The summed E-state index contributed by atoms with van der Waals surface area (Å²) in [4.78, 5) is 47.5. The van der Waals surface area contributed by atoms with Gasteiger partial charge < -0.3 is 19.4 Å². The molecular weight excluding hydrogens is 354 g/mol. The van der Waals surface area contributed by atoms with Crippen molar-refractivity contribution in [3.8, 4) is 0 Å². The Balaban J connectivity index is 2.70. The number of nitrogens with zero attached hydrogens (tertiary/aromatic N) is 1.